The van der Waals surface area contributed by atoms with E-state index in [4.69, 9.17) is 20.8 Å². The smallest absolute Gasteiger partial charge is 0.346 e. The van der Waals surface area contributed by atoms with Crippen LogP contribution in [0, 0.1) is 0 Å². The number of benzene rings is 3. The Labute approximate surface area is 210 Å². The van der Waals surface area contributed by atoms with Gasteiger partial charge < -0.3 is 13.9 Å². The Morgan fingerprint density at radius 3 is 2.67 bits per heavy atom. The molecule has 0 saturated carbocycles. The van der Waals surface area contributed by atoms with Crippen molar-refractivity contribution in [3.63, 3.8) is 0 Å². The number of halogens is 1. The number of methoxy groups -OCH3 is 1. The van der Waals surface area contributed by atoms with Crippen molar-refractivity contribution in [3.05, 3.63) is 93.7 Å². The van der Waals surface area contributed by atoms with Gasteiger partial charge in [0.1, 0.15) is 11.3 Å². The summed E-state index contributed by atoms with van der Waals surface area (Å²) < 4.78 is 17.4. The molecule has 2 aromatic heterocycles. The van der Waals surface area contributed by atoms with Crippen molar-refractivity contribution in [2.75, 3.05) is 7.11 Å². The van der Waals surface area contributed by atoms with Crippen molar-refractivity contribution in [2.45, 2.75) is 13.0 Å². The molecule has 0 aliphatic heterocycles. The van der Waals surface area contributed by atoms with Gasteiger partial charge in [-0.2, -0.15) is 9.78 Å². The monoisotopic (exact) mass is 501 g/mol. The van der Waals surface area contributed by atoms with Crippen LogP contribution < -0.4 is 10.3 Å². The number of hydrogen-bond donors (Lipinski definition) is 0. The quantitative estimate of drug-likeness (QED) is 0.232. The average Bonchev–Trinajstić information content (AvgIpc) is 3.31. The van der Waals surface area contributed by atoms with E-state index in [1.54, 1.807) is 73.7 Å². The van der Waals surface area contributed by atoms with Gasteiger partial charge in [-0.3, -0.25) is 4.79 Å². The molecule has 0 N–H and O–H groups in total. The molecule has 0 fully saturated rings. The lowest BCUT2D eigenvalue weighted by Gasteiger charge is -2.12. The normalized spacial score (nSPS) is 12.3. The number of esters is 1. The average molecular weight is 502 g/mol. The van der Waals surface area contributed by atoms with Gasteiger partial charge in [-0.05, 0) is 73.2 Å². The summed E-state index contributed by atoms with van der Waals surface area (Å²) in [6, 6.07) is 21.0. The first-order chi connectivity index (χ1) is 17.4. The summed E-state index contributed by atoms with van der Waals surface area (Å²) in [5.41, 5.74) is 1.51. The molecule has 0 radical (unpaired) electrons. The number of para-hydroxylation sites is 1. The predicted octanol–water partition coefficient (Wildman–Crippen LogP) is 5.29. The topological polar surface area (TPSA) is 95.9 Å². The molecule has 0 saturated heterocycles. The third kappa shape index (κ3) is 4.58. The molecule has 9 heteroatoms. The van der Waals surface area contributed by atoms with Crippen LogP contribution in [0.4, 0.5) is 0 Å². The first kappa shape index (κ1) is 23.3. The van der Waals surface area contributed by atoms with E-state index >= 15 is 0 Å². The Balaban J connectivity index is 1.54. The Hall–Kier alpha value is -4.43. The summed E-state index contributed by atoms with van der Waals surface area (Å²) in [4.78, 5) is 29.6. The van der Waals surface area contributed by atoms with Crippen LogP contribution in [0.3, 0.4) is 0 Å². The molecule has 0 aliphatic carbocycles. The molecule has 0 bridgehead atoms. The van der Waals surface area contributed by atoms with E-state index in [1.165, 1.54) is 18.0 Å². The van der Waals surface area contributed by atoms with Crippen LogP contribution in [0.25, 0.3) is 33.5 Å². The van der Waals surface area contributed by atoms with E-state index < -0.39 is 12.1 Å². The van der Waals surface area contributed by atoms with Gasteiger partial charge in [0.25, 0.3) is 5.56 Å². The maximum atomic E-state index is 13.4. The lowest BCUT2D eigenvalue weighted by Crippen LogP contribution is -2.24. The summed E-state index contributed by atoms with van der Waals surface area (Å²) >= 11 is 6.12. The van der Waals surface area contributed by atoms with E-state index in [0.29, 0.717) is 38.6 Å². The minimum Gasteiger partial charge on any atom is -0.479 e. The first-order valence-electron chi connectivity index (χ1n) is 11.0. The van der Waals surface area contributed by atoms with E-state index in [-0.39, 0.29) is 11.4 Å². The minimum atomic E-state index is -0.738. The van der Waals surface area contributed by atoms with Crippen molar-refractivity contribution >= 4 is 45.7 Å². The molecule has 0 unspecified atom stereocenters. The molecule has 0 aliphatic rings. The van der Waals surface area contributed by atoms with Crippen molar-refractivity contribution in [1.29, 1.82) is 0 Å². The summed E-state index contributed by atoms with van der Waals surface area (Å²) in [7, 11) is 1.31. The molecule has 0 spiro atoms. The van der Waals surface area contributed by atoms with Gasteiger partial charge in [-0.1, -0.05) is 23.7 Å². The van der Waals surface area contributed by atoms with Crippen molar-refractivity contribution in [1.82, 2.24) is 9.66 Å². The van der Waals surface area contributed by atoms with Crippen molar-refractivity contribution in [2.24, 2.45) is 5.10 Å². The number of furan rings is 1. The van der Waals surface area contributed by atoms with E-state index in [1.807, 2.05) is 6.07 Å². The second-order valence-electron chi connectivity index (χ2n) is 7.96. The van der Waals surface area contributed by atoms with E-state index in [9.17, 15) is 9.59 Å². The highest BCUT2D eigenvalue weighted by Crippen LogP contribution is 2.29. The van der Waals surface area contributed by atoms with E-state index in [2.05, 4.69) is 14.8 Å². The SMILES string of the molecule is COC(=O)[C@@H](C)Oc1ccc(C=Nn2c(-c3cc4cc(Cl)ccc4o3)nc3ccccc3c2=O)cc1. The van der Waals surface area contributed by atoms with Crippen LogP contribution in [0.2, 0.25) is 5.02 Å². The number of carbonyl (C=O) groups excluding carboxylic acids is 1. The third-order valence-corrected chi connectivity index (χ3v) is 5.74. The highest BCUT2D eigenvalue weighted by molar-refractivity contribution is 6.31. The molecule has 180 valence electrons. The van der Waals surface area contributed by atoms with Gasteiger partial charge in [0, 0.05) is 10.4 Å². The van der Waals surface area contributed by atoms with Gasteiger partial charge in [-0.25, -0.2) is 9.78 Å². The van der Waals surface area contributed by atoms with Gasteiger partial charge in [0.05, 0.1) is 24.2 Å². The molecule has 5 aromatic rings. The Kier molecular flexibility index (Phi) is 6.26. The van der Waals surface area contributed by atoms with Gasteiger partial charge >= 0.3 is 5.97 Å². The second-order valence-corrected chi connectivity index (χ2v) is 8.40. The Morgan fingerprint density at radius 1 is 1.11 bits per heavy atom. The number of carbonyl (C=O) groups is 1. The molecule has 36 heavy (non-hydrogen) atoms. The number of nitrogens with zero attached hydrogens (tertiary/aromatic N) is 3. The van der Waals surface area contributed by atoms with Crippen LogP contribution in [-0.2, 0) is 9.53 Å². The van der Waals surface area contributed by atoms with Crippen LogP contribution in [0.5, 0.6) is 5.75 Å². The van der Waals surface area contributed by atoms with Gasteiger partial charge in [0.2, 0.25) is 5.82 Å². The zero-order valence-electron chi connectivity index (χ0n) is 19.3. The zero-order chi connectivity index (χ0) is 25.2. The van der Waals surface area contributed by atoms with Crippen LogP contribution >= 0.6 is 11.6 Å². The molecule has 5 rings (SSSR count). The maximum Gasteiger partial charge on any atom is 0.346 e. The summed E-state index contributed by atoms with van der Waals surface area (Å²) in [6.45, 7) is 1.61. The van der Waals surface area contributed by atoms with Gasteiger partial charge in [0.15, 0.2) is 11.9 Å². The van der Waals surface area contributed by atoms with Crippen molar-refractivity contribution in [3.8, 4) is 17.3 Å². The Morgan fingerprint density at radius 2 is 1.89 bits per heavy atom. The molecule has 3 aromatic carbocycles. The lowest BCUT2D eigenvalue weighted by molar-refractivity contribution is -0.147. The highest BCUT2D eigenvalue weighted by atomic mass is 35.5. The fourth-order valence-electron chi connectivity index (χ4n) is 3.69. The molecule has 0 amide bonds. The van der Waals surface area contributed by atoms with Crippen LogP contribution in [-0.4, -0.2) is 35.1 Å². The van der Waals surface area contributed by atoms with E-state index in [0.717, 1.165) is 5.39 Å². The number of fused-ring (bicyclic) bond motifs is 2. The predicted molar refractivity (Wildman–Crippen MR) is 138 cm³/mol. The maximum absolute atomic E-state index is 13.4. The zero-order valence-corrected chi connectivity index (χ0v) is 20.1. The molecular weight excluding hydrogens is 482 g/mol. The molecule has 8 nitrogen and oxygen atoms in total. The fraction of sp³-hybridized carbons (Fsp3) is 0.111. The van der Waals surface area contributed by atoms with Gasteiger partial charge in [-0.15, -0.1) is 0 Å². The van der Waals surface area contributed by atoms with Crippen molar-refractivity contribution < 1.29 is 18.7 Å². The number of ether oxygens (including phenoxy) is 2. The largest absolute Gasteiger partial charge is 0.479 e. The minimum absolute atomic E-state index is 0.258. The fourth-order valence-corrected chi connectivity index (χ4v) is 3.87. The summed E-state index contributed by atoms with van der Waals surface area (Å²) in [6.07, 6.45) is 0.798. The molecule has 2 heterocycles. The molecular formula is C27H20ClN3O5. The number of rotatable bonds is 6. The van der Waals surface area contributed by atoms with Crippen LogP contribution in [0.1, 0.15) is 12.5 Å². The lowest BCUT2D eigenvalue weighted by atomic mass is 10.2. The number of aromatic nitrogens is 2. The summed E-state index contributed by atoms with van der Waals surface area (Å²) in [5.74, 6) is 0.669. The Bertz CT molecular complexity index is 1670. The standard InChI is InChI=1S/C27H20ClN3O5/c1-16(27(33)34-2)35-20-10-7-17(8-11-20)15-29-31-25(30-22-6-4-3-5-21(22)26(31)32)24-14-18-13-19(28)9-12-23(18)36-24/h3-16H,1-2H3/t16-/m1/s1. The molecule has 1 atom stereocenters. The summed E-state index contributed by atoms with van der Waals surface area (Å²) in [5, 5.41) is 6.23. The first-order valence-corrected chi connectivity index (χ1v) is 11.4. The number of hydrogen-bond acceptors (Lipinski definition) is 7. The second kappa shape index (κ2) is 9.67. The highest BCUT2D eigenvalue weighted by Gasteiger charge is 2.17. The third-order valence-electron chi connectivity index (χ3n) is 5.50. The van der Waals surface area contributed by atoms with Crippen LogP contribution in [0.15, 0.2) is 87.1 Å².